The van der Waals surface area contributed by atoms with Gasteiger partial charge in [0.15, 0.2) is 0 Å². The number of hydrogen-bond acceptors (Lipinski definition) is 3. The van der Waals surface area contributed by atoms with Crippen molar-refractivity contribution in [1.29, 1.82) is 0 Å². The first-order chi connectivity index (χ1) is 10.5. The topological polar surface area (TPSA) is 45.2 Å². The van der Waals surface area contributed by atoms with Crippen LogP contribution >= 0.6 is 15.9 Å². The van der Waals surface area contributed by atoms with Crippen LogP contribution in [0.3, 0.4) is 0 Å². The predicted molar refractivity (Wildman–Crippen MR) is 93.7 cm³/mol. The van der Waals surface area contributed by atoms with Gasteiger partial charge >= 0.3 is 0 Å². The van der Waals surface area contributed by atoms with Crippen LogP contribution in [0.1, 0.15) is 29.8 Å². The van der Waals surface area contributed by atoms with E-state index in [-0.39, 0.29) is 5.91 Å². The van der Waals surface area contributed by atoms with Gasteiger partial charge in [0.25, 0.3) is 5.91 Å². The third-order valence-corrected chi connectivity index (χ3v) is 4.10. The quantitative estimate of drug-likeness (QED) is 0.859. The van der Waals surface area contributed by atoms with E-state index in [2.05, 4.69) is 26.2 Å². The van der Waals surface area contributed by atoms with Crippen molar-refractivity contribution in [2.75, 3.05) is 18.4 Å². The van der Waals surface area contributed by atoms with Gasteiger partial charge in [0.05, 0.1) is 5.69 Å². The molecule has 4 nitrogen and oxygen atoms in total. The fraction of sp³-hybridized carbons (Fsp3) is 0.294. The summed E-state index contributed by atoms with van der Waals surface area (Å²) in [5, 5.41) is 3.24. The summed E-state index contributed by atoms with van der Waals surface area (Å²) in [4.78, 5) is 18.5. The fourth-order valence-electron chi connectivity index (χ4n) is 2.18. The van der Waals surface area contributed by atoms with Crippen molar-refractivity contribution in [3.05, 3.63) is 52.1 Å². The number of pyridine rings is 1. The minimum Gasteiger partial charge on any atom is -0.339 e. The fourth-order valence-corrected chi connectivity index (χ4v) is 2.78. The normalized spacial score (nSPS) is 10.4. The van der Waals surface area contributed by atoms with Crippen LogP contribution in [0.2, 0.25) is 0 Å². The van der Waals surface area contributed by atoms with E-state index in [1.807, 2.05) is 39.0 Å². The number of benzene rings is 1. The molecular weight excluding hydrogens is 342 g/mol. The Morgan fingerprint density at radius 2 is 1.95 bits per heavy atom. The highest BCUT2D eigenvalue weighted by Crippen LogP contribution is 2.26. The first kappa shape index (κ1) is 16.5. The number of carbonyl (C=O) groups is 1. The summed E-state index contributed by atoms with van der Waals surface area (Å²) >= 11 is 3.53. The SMILES string of the molecule is CCN(CC)C(=O)c1ccnc(Nc2ccc(C)cc2Br)c1. The zero-order chi connectivity index (χ0) is 16.1. The Bertz CT molecular complexity index is 669. The first-order valence-electron chi connectivity index (χ1n) is 7.33. The maximum atomic E-state index is 12.4. The molecule has 0 radical (unpaired) electrons. The number of hydrogen-bond donors (Lipinski definition) is 1. The Labute approximate surface area is 139 Å². The molecular formula is C17H20BrN3O. The minimum atomic E-state index is 0.0263. The van der Waals surface area contributed by atoms with E-state index < -0.39 is 0 Å². The summed E-state index contributed by atoms with van der Waals surface area (Å²) in [5.74, 6) is 0.681. The van der Waals surface area contributed by atoms with Crippen molar-refractivity contribution in [1.82, 2.24) is 9.88 Å². The van der Waals surface area contributed by atoms with Crippen molar-refractivity contribution in [2.45, 2.75) is 20.8 Å². The van der Waals surface area contributed by atoms with Crippen molar-refractivity contribution >= 4 is 33.3 Å². The number of aryl methyl sites for hydroxylation is 1. The molecule has 1 N–H and O–H groups in total. The molecule has 1 aromatic heterocycles. The minimum absolute atomic E-state index is 0.0263. The Balaban J connectivity index is 2.23. The van der Waals surface area contributed by atoms with E-state index in [0.29, 0.717) is 24.5 Å². The smallest absolute Gasteiger partial charge is 0.254 e. The van der Waals surface area contributed by atoms with Gasteiger partial charge in [-0.15, -0.1) is 0 Å². The van der Waals surface area contributed by atoms with Crippen molar-refractivity contribution < 1.29 is 4.79 Å². The van der Waals surface area contributed by atoms with Crippen LogP contribution in [-0.2, 0) is 0 Å². The maximum absolute atomic E-state index is 12.4. The van der Waals surface area contributed by atoms with Gasteiger partial charge in [0.1, 0.15) is 5.82 Å². The summed E-state index contributed by atoms with van der Waals surface area (Å²) < 4.78 is 0.967. The first-order valence-corrected chi connectivity index (χ1v) is 8.13. The third kappa shape index (κ3) is 3.85. The number of carbonyl (C=O) groups excluding carboxylic acids is 1. The molecule has 116 valence electrons. The largest absolute Gasteiger partial charge is 0.339 e. The van der Waals surface area contributed by atoms with Crippen LogP contribution in [0.4, 0.5) is 11.5 Å². The van der Waals surface area contributed by atoms with Gasteiger partial charge in [0, 0.05) is 29.3 Å². The zero-order valence-electron chi connectivity index (χ0n) is 13.1. The van der Waals surface area contributed by atoms with Crippen molar-refractivity contribution in [2.24, 2.45) is 0 Å². The highest BCUT2D eigenvalue weighted by atomic mass is 79.9. The maximum Gasteiger partial charge on any atom is 0.254 e. The number of amides is 1. The zero-order valence-corrected chi connectivity index (χ0v) is 14.6. The van der Waals surface area contributed by atoms with Gasteiger partial charge in [-0.3, -0.25) is 4.79 Å². The monoisotopic (exact) mass is 361 g/mol. The lowest BCUT2D eigenvalue weighted by atomic mass is 10.2. The van der Waals surface area contributed by atoms with E-state index in [0.717, 1.165) is 10.2 Å². The van der Waals surface area contributed by atoms with E-state index in [1.165, 1.54) is 5.56 Å². The third-order valence-electron chi connectivity index (χ3n) is 3.44. The molecule has 0 saturated heterocycles. The van der Waals surface area contributed by atoms with Gasteiger partial charge in [-0.2, -0.15) is 0 Å². The Hall–Kier alpha value is -1.88. The van der Waals surface area contributed by atoms with Crippen molar-refractivity contribution in [3.63, 3.8) is 0 Å². The molecule has 0 fully saturated rings. The summed E-state index contributed by atoms with van der Waals surface area (Å²) in [6.45, 7) is 7.39. The molecule has 1 amide bonds. The lowest BCUT2D eigenvalue weighted by Crippen LogP contribution is -2.30. The summed E-state index contributed by atoms with van der Waals surface area (Å²) in [5.41, 5.74) is 2.74. The van der Waals surface area contributed by atoms with E-state index in [1.54, 1.807) is 23.2 Å². The average Bonchev–Trinajstić information content (AvgIpc) is 2.51. The second kappa shape index (κ2) is 7.40. The Kier molecular flexibility index (Phi) is 5.55. The molecule has 0 aliphatic heterocycles. The predicted octanol–water partition coefficient (Wildman–Crippen LogP) is 4.38. The lowest BCUT2D eigenvalue weighted by molar-refractivity contribution is 0.0773. The molecule has 2 aromatic rings. The molecule has 2 rings (SSSR count). The second-order valence-electron chi connectivity index (χ2n) is 5.02. The lowest BCUT2D eigenvalue weighted by Gasteiger charge is -2.19. The van der Waals surface area contributed by atoms with Crippen LogP contribution in [0, 0.1) is 6.92 Å². The highest BCUT2D eigenvalue weighted by Gasteiger charge is 2.13. The molecule has 0 spiro atoms. The van der Waals surface area contributed by atoms with Gasteiger partial charge in [-0.1, -0.05) is 6.07 Å². The standard InChI is InChI=1S/C17H20BrN3O/c1-4-21(5-2)17(22)13-8-9-19-16(11-13)20-15-7-6-12(3)10-14(15)18/h6-11H,4-5H2,1-3H3,(H,19,20). The van der Waals surface area contributed by atoms with Gasteiger partial charge < -0.3 is 10.2 Å². The molecule has 0 saturated carbocycles. The number of nitrogens with one attached hydrogen (secondary N) is 1. The average molecular weight is 362 g/mol. The molecule has 0 bridgehead atoms. The molecule has 22 heavy (non-hydrogen) atoms. The van der Waals surface area contributed by atoms with Crippen molar-refractivity contribution in [3.8, 4) is 0 Å². The number of halogens is 1. The highest BCUT2D eigenvalue weighted by molar-refractivity contribution is 9.10. The molecule has 1 aromatic carbocycles. The molecule has 0 unspecified atom stereocenters. The van der Waals surface area contributed by atoms with Crippen LogP contribution in [0.5, 0.6) is 0 Å². The van der Waals surface area contributed by atoms with E-state index in [9.17, 15) is 4.79 Å². The summed E-state index contributed by atoms with van der Waals surface area (Å²) in [6.07, 6.45) is 1.65. The molecule has 1 heterocycles. The number of rotatable bonds is 5. The molecule has 0 aliphatic carbocycles. The Morgan fingerprint density at radius 3 is 2.59 bits per heavy atom. The molecule has 5 heteroatoms. The second-order valence-corrected chi connectivity index (χ2v) is 5.87. The van der Waals surface area contributed by atoms with E-state index >= 15 is 0 Å². The number of anilines is 2. The summed E-state index contributed by atoms with van der Waals surface area (Å²) in [7, 11) is 0. The van der Waals surface area contributed by atoms with Gasteiger partial charge in [-0.05, 0) is 66.5 Å². The van der Waals surface area contributed by atoms with Crippen LogP contribution in [0.25, 0.3) is 0 Å². The van der Waals surface area contributed by atoms with Crippen LogP contribution < -0.4 is 5.32 Å². The summed E-state index contributed by atoms with van der Waals surface area (Å²) in [6, 6.07) is 9.58. The number of aromatic nitrogens is 1. The molecule has 0 aliphatic rings. The van der Waals surface area contributed by atoms with Crippen LogP contribution in [0.15, 0.2) is 41.0 Å². The van der Waals surface area contributed by atoms with Crippen LogP contribution in [-0.4, -0.2) is 28.9 Å². The Morgan fingerprint density at radius 1 is 1.23 bits per heavy atom. The van der Waals surface area contributed by atoms with Gasteiger partial charge in [0.2, 0.25) is 0 Å². The molecule has 0 atom stereocenters. The van der Waals surface area contributed by atoms with Gasteiger partial charge in [-0.25, -0.2) is 4.98 Å². The van der Waals surface area contributed by atoms with E-state index in [4.69, 9.17) is 0 Å². The number of nitrogens with zero attached hydrogens (tertiary/aromatic N) is 2.